The molecule has 0 saturated carbocycles. The molecular formula is C31H33N5O. The minimum Gasteiger partial charge on any atom is -0.395 e. The van der Waals surface area contributed by atoms with Crippen molar-refractivity contribution in [3.8, 4) is 17.2 Å². The number of aromatic nitrogens is 1. The summed E-state index contributed by atoms with van der Waals surface area (Å²) in [5, 5.41) is 23.3. The average molecular weight is 492 g/mol. The standard InChI is InChI=1S/C31H33N5O/c1-22-3-10-29(23(2)17-22)34-31-27(19-32)20-33-30-18-26(8-9-28(30)31)25-6-4-24(5-7-25)21-36-13-11-35(12-14-36)15-16-37/h3-10,17-18,20,37H,11-16,21H2,1-2H3,(H,33,34). The second-order valence-electron chi connectivity index (χ2n) is 9.87. The Morgan fingerprint density at radius 1 is 0.919 bits per heavy atom. The first kappa shape index (κ1) is 24.9. The zero-order valence-electron chi connectivity index (χ0n) is 21.5. The van der Waals surface area contributed by atoms with E-state index in [4.69, 9.17) is 5.11 Å². The molecule has 1 aliphatic heterocycles. The summed E-state index contributed by atoms with van der Waals surface area (Å²) in [6.45, 7) is 10.2. The van der Waals surface area contributed by atoms with E-state index in [0.29, 0.717) is 5.56 Å². The third-order valence-electron chi connectivity index (χ3n) is 7.21. The molecule has 0 unspecified atom stereocenters. The lowest BCUT2D eigenvalue weighted by Crippen LogP contribution is -2.46. The molecule has 1 aromatic heterocycles. The summed E-state index contributed by atoms with van der Waals surface area (Å²) < 4.78 is 0. The summed E-state index contributed by atoms with van der Waals surface area (Å²) in [6, 6.07) is 23.6. The van der Waals surface area contributed by atoms with Crippen LogP contribution in [0.1, 0.15) is 22.3 Å². The van der Waals surface area contributed by atoms with E-state index in [2.05, 4.69) is 101 Å². The number of nitrogens with one attached hydrogen (secondary N) is 1. The molecule has 0 bridgehead atoms. The number of aryl methyl sites for hydroxylation is 2. The fraction of sp³-hybridized carbons (Fsp3) is 0.290. The minimum absolute atomic E-state index is 0.232. The van der Waals surface area contributed by atoms with Crippen molar-refractivity contribution in [1.29, 1.82) is 5.26 Å². The monoisotopic (exact) mass is 491 g/mol. The molecule has 0 radical (unpaired) electrons. The predicted molar refractivity (Wildman–Crippen MR) is 150 cm³/mol. The lowest BCUT2D eigenvalue weighted by molar-refractivity contribution is 0.108. The van der Waals surface area contributed by atoms with Gasteiger partial charge in [-0.2, -0.15) is 5.26 Å². The molecule has 37 heavy (non-hydrogen) atoms. The predicted octanol–water partition coefficient (Wildman–Crippen LogP) is 5.24. The Kier molecular flexibility index (Phi) is 7.47. The highest BCUT2D eigenvalue weighted by Crippen LogP contribution is 2.33. The third kappa shape index (κ3) is 5.65. The van der Waals surface area contributed by atoms with Crippen LogP contribution in [-0.4, -0.2) is 59.2 Å². The van der Waals surface area contributed by atoms with Gasteiger partial charge in [0.05, 0.1) is 23.4 Å². The van der Waals surface area contributed by atoms with Gasteiger partial charge < -0.3 is 10.4 Å². The number of rotatable bonds is 7. The van der Waals surface area contributed by atoms with Crippen molar-refractivity contribution in [2.75, 3.05) is 44.6 Å². The van der Waals surface area contributed by atoms with Gasteiger partial charge in [-0.15, -0.1) is 0 Å². The normalized spacial score (nSPS) is 14.5. The van der Waals surface area contributed by atoms with Crippen molar-refractivity contribution in [2.45, 2.75) is 20.4 Å². The van der Waals surface area contributed by atoms with E-state index in [1.165, 1.54) is 11.1 Å². The number of hydrogen-bond donors (Lipinski definition) is 2. The Balaban J connectivity index is 1.35. The summed E-state index contributed by atoms with van der Waals surface area (Å²) in [6.07, 6.45) is 1.65. The molecule has 3 aromatic carbocycles. The van der Waals surface area contributed by atoms with Crippen LogP contribution in [0, 0.1) is 25.2 Å². The molecule has 6 nitrogen and oxygen atoms in total. The first-order valence-electron chi connectivity index (χ1n) is 12.9. The van der Waals surface area contributed by atoms with Crippen molar-refractivity contribution in [2.24, 2.45) is 0 Å². The summed E-state index contributed by atoms with van der Waals surface area (Å²) in [5.41, 5.74) is 9.06. The van der Waals surface area contributed by atoms with Crippen LogP contribution >= 0.6 is 0 Å². The van der Waals surface area contributed by atoms with E-state index in [1.807, 2.05) is 0 Å². The molecule has 1 fully saturated rings. The maximum absolute atomic E-state index is 9.74. The number of pyridine rings is 1. The highest BCUT2D eigenvalue weighted by molar-refractivity contribution is 5.97. The Hall–Kier alpha value is -3.76. The number of aliphatic hydroxyl groups is 1. The number of piperazine rings is 1. The van der Waals surface area contributed by atoms with Crippen molar-refractivity contribution in [3.63, 3.8) is 0 Å². The van der Waals surface area contributed by atoms with Crippen molar-refractivity contribution in [3.05, 3.63) is 89.1 Å². The van der Waals surface area contributed by atoms with Crippen molar-refractivity contribution in [1.82, 2.24) is 14.8 Å². The molecule has 2 N–H and O–H groups in total. The fourth-order valence-corrected chi connectivity index (χ4v) is 5.05. The zero-order valence-corrected chi connectivity index (χ0v) is 21.5. The fourth-order valence-electron chi connectivity index (χ4n) is 5.05. The first-order chi connectivity index (χ1) is 18.0. The highest BCUT2D eigenvalue weighted by Gasteiger charge is 2.16. The topological polar surface area (TPSA) is 75.4 Å². The first-order valence-corrected chi connectivity index (χ1v) is 12.9. The van der Waals surface area contributed by atoms with Gasteiger partial charge >= 0.3 is 0 Å². The van der Waals surface area contributed by atoms with E-state index in [0.717, 1.165) is 78.2 Å². The average Bonchev–Trinajstić information content (AvgIpc) is 2.91. The molecule has 0 aliphatic carbocycles. The largest absolute Gasteiger partial charge is 0.395 e. The van der Waals surface area contributed by atoms with Gasteiger partial charge in [-0.1, -0.05) is 54.1 Å². The maximum Gasteiger partial charge on any atom is 0.103 e. The van der Waals surface area contributed by atoms with Gasteiger partial charge in [0.15, 0.2) is 0 Å². The molecule has 0 spiro atoms. The van der Waals surface area contributed by atoms with Gasteiger partial charge in [-0.05, 0) is 48.2 Å². The van der Waals surface area contributed by atoms with Gasteiger partial charge in [0.2, 0.25) is 0 Å². The number of β-amino-alcohol motifs (C(OH)–C–C–N with tert-alkyl or cyclic N) is 1. The minimum atomic E-state index is 0.232. The number of hydrogen-bond acceptors (Lipinski definition) is 6. The number of benzene rings is 3. The second kappa shape index (κ2) is 11.1. The Bertz CT molecular complexity index is 1430. The molecule has 0 amide bonds. The number of fused-ring (bicyclic) bond motifs is 1. The molecule has 1 saturated heterocycles. The van der Waals surface area contributed by atoms with E-state index in [9.17, 15) is 5.26 Å². The van der Waals surface area contributed by atoms with Crippen LogP contribution in [-0.2, 0) is 6.54 Å². The molecule has 6 heteroatoms. The Morgan fingerprint density at radius 2 is 1.65 bits per heavy atom. The summed E-state index contributed by atoms with van der Waals surface area (Å²) in [5.74, 6) is 0. The van der Waals surface area contributed by atoms with Gasteiger partial charge in [0.1, 0.15) is 6.07 Å². The zero-order chi connectivity index (χ0) is 25.8. The van der Waals surface area contributed by atoms with Gasteiger partial charge in [0, 0.05) is 56.5 Å². The molecule has 5 rings (SSSR count). The van der Waals surface area contributed by atoms with Crippen LogP contribution in [0.2, 0.25) is 0 Å². The van der Waals surface area contributed by atoms with Crippen LogP contribution in [0.5, 0.6) is 0 Å². The van der Waals surface area contributed by atoms with E-state index < -0.39 is 0 Å². The number of anilines is 2. The summed E-state index contributed by atoms with van der Waals surface area (Å²) >= 11 is 0. The van der Waals surface area contributed by atoms with Crippen LogP contribution in [0.3, 0.4) is 0 Å². The van der Waals surface area contributed by atoms with Crippen LogP contribution in [0.15, 0.2) is 66.9 Å². The summed E-state index contributed by atoms with van der Waals surface area (Å²) in [4.78, 5) is 9.39. The van der Waals surface area contributed by atoms with Crippen LogP contribution < -0.4 is 5.32 Å². The van der Waals surface area contributed by atoms with Crippen molar-refractivity contribution < 1.29 is 5.11 Å². The van der Waals surface area contributed by atoms with Gasteiger partial charge in [-0.3, -0.25) is 14.8 Å². The number of nitrogens with zero attached hydrogens (tertiary/aromatic N) is 4. The van der Waals surface area contributed by atoms with Crippen molar-refractivity contribution >= 4 is 22.3 Å². The lowest BCUT2D eigenvalue weighted by atomic mass is 10.0. The lowest BCUT2D eigenvalue weighted by Gasteiger charge is -2.34. The SMILES string of the molecule is Cc1ccc(Nc2c(C#N)cnc3cc(-c4ccc(CN5CCN(CCO)CC5)cc4)ccc23)c(C)c1. The molecule has 2 heterocycles. The molecule has 4 aromatic rings. The Labute approximate surface area is 218 Å². The molecule has 188 valence electrons. The van der Waals surface area contributed by atoms with Crippen LogP contribution in [0.25, 0.3) is 22.0 Å². The second-order valence-corrected chi connectivity index (χ2v) is 9.87. The van der Waals surface area contributed by atoms with Gasteiger partial charge in [-0.25, -0.2) is 0 Å². The number of nitriles is 1. The smallest absolute Gasteiger partial charge is 0.103 e. The molecule has 1 aliphatic rings. The molecular weight excluding hydrogens is 458 g/mol. The highest BCUT2D eigenvalue weighted by atomic mass is 16.3. The van der Waals surface area contributed by atoms with Gasteiger partial charge in [0.25, 0.3) is 0 Å². The third-order valence-corrected chi connectivity index (χ3v) is 7.21. The Morgan fingerprint density at radius 3 is 2.35 bits per heavy atom. The number of aliphatic hydroxyl groups excluding tert-OH is 1. The maximum atomic E-state index is 9.74. The van der Waals surface area contributed by atoms with Crippen LogP contribution in [0.4, 0.5) is 11.4 Å². The molecule has 0 atom stereocenters. The van der Waals surface area contributed by atoms with E-state index >= 15 is 0 Å². The van der Waals surface area contributed by atoms with E-state index in [-0.39, 0.29) is 6.61 Å². The summed E-state index contributed by atoms with van der Waals surface area (Å²) in [7, 11) is 0. The quantitative estimate of drug-likeness (QED) is 0.368. The van der Waals surface area contributed by atoms with E-state index in [1.54, 1.807) is 6.20 Å².